The number of ether oxygens (including phenoxy) is 1. The molecule has 4 nitrogen and oxygen atoms in total. The predicted molar refractivity (Wildman–Crippen MR) is 87.7 cm³/mol. The first-order valence-electron chi connectivity index (χ1n) is 7.92. The Balaban J connectivity index is 2.70. The first-order valence-corrected chi connectivity index (χ1v) is 7.92. The van der Waals surface area contributed by atoms with Crippen LogP contribution in [0.1, 0.15) is 64.3 Å². The molecular weight excluding hydrogens is 316 g/mol. The summed E-state index contributed by atoms with van der Waals surface area (Å²) < 4.78 is 33.0. The first kappa shape index (κ1) is 18.5. The maximum Gasteiger partial charge on any atom is 0.408 e. The second-order valence-electron chi connectivity index (χ2n) is 8.38. The van der Waals surface area contributed by atoms with E-state index in [1.165, 1.54) is 0 Å². The summed E-state index contributed by atoms with van der Waals surface area (Å²) in [6.07, 6.45) is -0.913. The number of rotatable bonds is 1. The third-order valence-corrected chi connectivity index (χ3v) is 4.20. The quantitative estimate of drug-likeness (QED) is 0.796. The molecule has 24 heavy (non-hydrogen) atoms. The molecule has 1 aliphatic rings. The molecule has 0 aromatic heterocycles. The van der Waals surface area contributed by atoms with E-state index in [1.807, 2.05) is 47.6 Å². The zero-order valence-electron chi connectivity index (χ0n) is 15.0. The van der Waals surface area contributed by atoms with Gasteiger partial charge in [0.05, 0.1) is 0 Å². The molecule has 1 aliphatic heterocycles. The third kappa shape index (κ3) is 3.47. The van der Waals surface area contributed by atoms with E-state index in [2.05, 4.69) is 10.1 Å². The second-order valence-corrected chi connectivity index (χ2v) is 8.38. The Morgan fingerprint density at radius 3 is 2.25 bits per heavy atom. The van der Waals surface area contributed by atoms with Gasteiger partial charge in [-0.25, -0.2) is 13.6 Å². The largest absolute Gasteiger partial charge is 0.507 e. The summed E-state index contributed by atoms with van der Waals surface area (Å²) in [5, 5.41) is 12.8. The highest BCUT2D eigenvalue weighted by molar-refractivity contribution is 5.70. The fourth-order valence-corrected chi connectivity index (χ4v) is 2.70. The standard InChI is InChI=1S/C18H25F2NO3/c1-16(2,3)10-7-11(13(22)12(8-10)17(4,5)6)14-18(19,20)9-24-15(23)21-14/h7-8,14,22H,9H2,1-6H3,(H,21,23)/t14-/m0/s1. The number of phenols is 1. The molecule has 1 aromatic carbocycles. The number of hydrogen-bond acceptors (Lipinski definition) is 3. The number of halogens is 2. The summed E-state index contributed by atoms with van der Waals surface area (Å²) in [6, 6.07) is 1.77. The minimum Gasteiger partial charge on any atom is -0.507 e. The summed E-state index contributed by atoms with van der Waals surface area (Å²) >= 11 is 0. The Labute approximate surface area is 141 Å². The van der Waals surface area contributed by atoms with Crippen molar-refractivity contribution in [2.45, 2.75) is 64.3 Å². The van der Waals surface area contributed by atoms with Gasteiger partial charge in [-0.2, -0.15) is 0 Å². The van der Waals surface area contributed by atoms with Gasteiger partial charge in [-0.1, -0.05) is 47.6 Å². The van der Waals surface area contributed by atoms with Gasteiger partial charge >= 0.3 is 12.0 Å². The van der Waals surface area contributed by atoms with Crippen molar-refractivity contribution in [3.63, 3.8) is 0 Å². The number of hydrogen-bond donors (Lipinski definition) is 2. The predicted octanol–water partition coefficient (Wildman–Crippen LogP) is 4.40. The van der Waals surface area contributed by atoms with E-state index in [1.54, 1.807) is 6.07 Å². The van der Waals surface area contributed by atoms with Crippen LogP contribution in [0.4, 0.5) is 13.6 Å². The smallest absolute Gasteiger partial charge is 0.408 e. The van der Waals surface area contributed by atoms with E-state index < -0.39 is 30.1 Å². The topological polar surface area (TPSA) is 58.6 Å². The summed E-state index contributed by atoms with van der Waals surface area (Å²) in [5.74, 6) is -3.51. The lowest BCUT2D eigenvalue weighted by molar-refractivity contribution is -0.104. The number of cyclic esters (lactones) is 1. The van der Waals surface area contributed by atoms with Crippen LogP contribution in [0.2, 0.25) is 0 Å². The van der Waals surface area contributed by atoms with Crippen LogP contribution in [0, 0.1) is 0 Å². The fourth-order valence-electron chi connectivity index (χ4n) is 2.70. The molecule has 0 bridgehead atoms. The number of benzene rings is 1. The van der Waals surface area contributed by atoms with Gasteiger partial charge < -0.3 is 15.2 Å². The van der Waals surface area contributed by atoms with E-state index >= 15 is 0 Å². The number of carbonyl (C=O) groups excluding carboxylic acids is 1. The number of aromatic hydroxyl groups is 1. The molecule has 1 atom stereocenters. The molecule has 1 fully saturated rings. The Morgan fingerprint density at radius 2 is 1.75 bits per heavy atom. The van der Waals surface area contributed by atoms with Gasteiger partial charge in [0.2, 0.25) is 0 Å². The van der Waals surface area contributed by atoms with E-state index in [0.717, 1.165) is 5.56 Å². The molecule has 0 spiro atoms. The van der Waals surface area contributed by atoms with Gasteiger partial charge in [-0.15, -0.1) is 0 Å². The molecule has 1 amide bonds. The molecule has 0 saturated carbocycles. The Kier molecular flexibility index (Phi) is 4.32. The van der Waals surface area contributed by atoms with Gasteiger partial charge in [-0.3, -0.25) is 0 Å². The normalized spacial score (nSPS) is 21.2. The van der Waals surface area contributed by atoms with Crippen molar-refractivity contribution in [2.24, 2.45) is 0 Å². The highest BCUT2D eigenvalue weighted by Crippen LogP contribution is 2.44. The van der Waals surface area contributed by atoms with Crippen molar-refractivity contribution in [3.8, 4) is 5.75 Å². The van der Waals surface area contributed by atoms with E-state index in [4.69, 9.17) is 0 Å². The maximum absolute atomic E-state index is 14.3. The van der Waals surface area contributed by atoms with E-state index in [0.29, 0.717) is 5.56 Å². The second kappa shape index (κ2) is 5.60. The molecule has 1 aromatic rings. The summed E-state index contributed by atoms with van der Waals surface area (Å²) in [6.45, 7) is 10.6. The molecule has 1 saturated heterocycles. The van der Waals surface area contributed by atoms with Gasteiger partial charge in [0, 0.05) is 5.56 Å². The molecule has 6 heteroatoms. The van der Waals surface area contributed by atoms with Crippen molar-refractivity contribution < 1.29 is 23.4 Å². The molecule has 1 heterocycles. The Morgan fingerprint density at radius 1 is 1.17 bits per heavy atom. The number of carbonyl (C=O) groups is 1. The van der Waals surface area contributed by atoms with Gasteiger partial charge in [0.25, 0.3) is 0 Å². The van der Waals surface area contributed by atoms with Crippen LogP contribution in [0.3, 0.4) is 0 Å². The van der Waals surface area contributed by atoms with Crippen molar-refractivity contribution >= 4 is 6.09 Å². The van der Waals surface area contributed by atoms with E-state index in [-0.39, 0.29) is 16.7 Å². The Bertz CT molecular complexity index is 657. The van der Waals surface area contributed by atoms with Gasteiger partial charge in [0.1, 0.15) is 11.8 Å². The fraction of sp³-hybridized carbons (Fsp3) is 0.611. The number of alkyl carbamates (subject to hydrolysis) is 1. The lowest BCUT2D eigenvalue weighted by Gasteiger charge is -2.35. The number of phenolic OH excluding ortho intramolecular Hbond substituents is 1. The van der Waals surface area contributed by atoms with Crippen LogP contribution in [-0.4, -0.2) is 23.7 Å². The zero-order chi connectivity index (χ0) is 18.5. The summed E-state index contributed by atoms with van der Waals surface area (Å²) in [5.41, 5.74) is 0.671. The van der Waals surface area contributed by atoms with Crippen LogP contribution in [0.25, 0.3) is 0 Å². The summed E-state index contributed by atoms with van der Waals surface area (Å²) in [4.78, 5) is 11.5. The van der Waals surface area contributed by atoms with Crippen LogP contribution >= 0.6 is 0 Å². The highest BCUT2D eigenvalue weighted by atomic mass is 19.3. The maximum atomic E-state index is 14.3. The number of alkyl halides is 2. The van der Waals surface area contributed by atoms with Crippen molar-refractivity contribution in [1.82, 2.24) is 5.32 Å². The van der Waals surface area contributed by atoms with Gasteiger partial charge in [-0.05, 0) is 28.0 Å². The Hall–Kier alpha value is -1.85. The molecule has 0 radical (unpaired) electrons. The molecule has 2 rings (SSSR count). The molecule has 2 N–H and O–H groups in total. The molecule has 0 aliphatic carbocycles. The summed E-state index contributed by atoms with van der Waals surface area (Å²) in [7, 11) is 0. The average molecular weight is 341 g/mol. The minimum absolute atomic E-state index is 0.0222. The average Bonchev–Trinajstić information content (AvgIpc) is 2.39. The SMILES string of the molecule is CC(C)(C)c1cc([C@@H]2NC(=O)OCC2(F)F)c(O)c(C(C)(C)C)c1. The minimum atomic E-state index is -3.31. The monoisotopic (exact) mass is 341 g/mol. The van der Waals surface area contributed by atoms with E-state index in [9.17, 15) is 18.7 Å². The lowest BCUT2D eigenvalue weighted by Crippen LogP contribution is -2.49. The number of amides is 1. The lowest BCUT2D eigenvalue weighted by atomic mass is 9.77. The van der Waals surface area contributed by atoms with Crippen molar-refractivity contribution in [2.75, 3.05) is 6.61 Å². The van der Waals surface area contributed by atoms with Crippen LogP contribution in [0.15, 0.2) is 12.1 Å². The molecule has 0 unspecified atom stereocenters. The van der Waals surface area contributed by atoms with Gasteiger partial charge in [0.15, 0.2) is 6.61 Å². The van der Waals surface area contributed by atoms with Crippen LogP contribution in [-0.2, 0) is 15.6 Å². The first-order chi connectivity index (χ1) is 10.7. The zero-order valence-corrected chi connectivity index (χ0v) is 15.0. The number of nitrogens with one attached hydrogen (secondary N) is 1. The van der Waals surface area contributed by atoms with Crippen molar-refractivity contribution in [1.29, 1.82) is 0 Å². The van der Waals surface area contributed by atoms with Crippen LogP contribution < -0.4 is 5.32 Å². The molecular formula is C18H25F2NO3. The highest BCUT2D eigenvalue weighted by Gasteiger charge is 2.48. The third-order valence-electron chi connectivity index (χ3n) is 4.20. The van der Waals surface area contributed by atoms with Crippen LogP contribution in [0.5, 0.6) is 5.75 Å². The molecule has 134 valence electrons. The van der Waals surface area contributed by atoms with Crippen molar-refractivity contribution in [3.05, 3.63) is 28.8 Å².